The summed E-state index contributed by atoms with van der Waals surface area (Å²) in [6.45, 7) is 7.72. The third-order valence-corrected chi connectivity index (χ3v) is 7.24. The first-order chi connectivity index (χ1) is 13.6. The predicted molar refractivity (Wildman–Crippen MR) is 118 cm³/mol. The molecule has 2 aliphatic carbocycles. The quantitative estimate of drug-likeness (QED) is 0.492. The number of rotatable bonds is 7. The molecule has 0 heterocycles. The predicted octanol–water partition coefficient (Wildman–Crippen LogP) is 7.31. The van der Waals surface area contributed by atoms with Gasteiger partial charge in [-0.15, -0.1) is 0 Å². The third kappa shape index (κ3) is 4.14. The molecule has 2 aliphatic rings. The van der Waals surface area contributed by atoms with Gasteiger partial charge in [0, 0.05) is 5.41 Å². The first kappa shape index (κ1) is 19.6. The molecule has 2 aromatic carbocycles. The largest absolute Gasteiger partial charge is 0.493 e. The van der Waals surface area contributed by atoms with Gasteiger partial charge in [-0.1, -0.05) is 75.1 Å². The number of ether oxygens (including phenoxy) is 1. The van der Waals surface area contributed by atoms with Gasteiger partial charge in [-0.25, -0.2) is 0 Å². The van der Waals surface area contributed by atoms with Crippen molar-refractivity contribution in [3.05, 3.63) is 65.2 Å². The Morgan fingerprint density at radius 2 is 1.43 bits per heavy atom. The number of benzene rings is 2. The van der Waals surface area contributed by atoms with Crippen LogP contribution in [0.1, 0.15) is 75.5 Å². The van der Waals surface area contributed by atoms with E-state index in [0.29, 0.717) is 11.8 Å². The van der Waals surface area contributed by atoms with Crippen molar-refractivity contribution in [1.29, 1.82) is 0 Å². The standard InChI is InChI=1S/C27H36O/c1-20(2)26(22-9-10-22)19-28-25-15-13-24(14-16-25)27(17-5-4-6-18-27)23-11-7-21(3)8-12-23/h7-8,11-16,20,22,26H,4-6,9-10,17-19H2,1-3H3. The molecule has 4 rings (SSSR count). The van der Waals surface area contributed by atoms with E-state index in [-0.39, 0.29) is 5.41 Å². The summed E-state index contributed by atoms with van der Waals surface area (Å²) in [4.78, 5) is 0. The average Bonchev–Trinajstić information content (AvgIpc) is 3.54. The smallest absolute Gasteiger partial charge is 0.119 e. The fraction of sp³-hybridized carbons (Fsp3) is 0.556. The van der Waals surface area contributed by atoms with E-state index in [1.807, 2.05) is 0 Å². The van der Waals surface area contributed by atoms with Crippen molar-refractivity contribution in [2.24, 2.45) is 17.8 Å². The van der Waals surface area contributed by atoms with Gasteiger partial charge in [0.15, 0.2) is 0 Å². The summed E-state index contributed by atoms with van der Waals surface area (Å²) in [7, 11) is 0. The second kappa shape index (κ2) is 8.31. The molecular weight excluding hydrogens is 340 g/mol. The lowest BCUT2D eigenvalue weighted by molar-refractivity contribution is 0.189. The molecule has 0 aliphatic heterocycles. The topological polar surface area (TPSA) is 9.23 Å². The SMILES string of the molecule is Cc1ccc(C2(c3ccc(OCC(C(C)C)C4CC4)cc3)CCCCC2)cc1. The van der Waals surface area contributed by atoms with Crippen LogP contribution in [0.5, 0.6) is 5.75 Å². The van der Waals surface area contributed by atoms with Crippen LogP contribution in [-0.2, 0) is 5.41 Å². The summed E-state index contributed by atoms with van der Waals surface area (Å²) in [6, 6.07) is 18.3. The highest BCUT2D eigenvalue weighted by atomic mass is 16.5. The van der Waals surface area contributed by atoms with Crippen LogP contribution in [0.2, 0.25) is 0 Å². The first-order valence-corrected chi connectivity index (χ1v) is 11.4. The Labute approximate surface area is 171 Å². The van der Waals surface area contributed by atoms with Crippen LogP contribution in [0.4, 0.5) is 0 Å². The molecule has 150 valence electrons. The Bertz CT molecular complexity index is 744. The summed E-state index contributed by atoms with van der Waals surface area (Å²) in [5.74, 6) is 3.34. The Morgan fingerprint density at radius 1 is 0.857 bits per heavy atom. The molecule has 2 saturated carbocycles. The maximum Gasteiger partial charge on any atom is 0.119 e. The van der Waals surface area contributed by atoms with Gasteiger partial charge in [0.2, 0.25) is 0 Å². The van der Waals surface area contributed by atoms with E-state index in [1.165, 1.54) is 61.6 Å². The molecule has 1 heteroatoms. The van der Waals surface area contributed by atoms with E-state index in [1.54, 1.807) is 0 Å². The van der Waals surface area contributed by atoms with Crippen molar-refractivity contribution in [3.63, 3.8) is 0 Å². The lowest BCUT2D eigenvalue weighted by Crippen LogP contribution is -2.30. The maximum atomic E-state index is 6.23. The Balaban J connectivity index is 1.52. The van der Waals surface area contributed by atoms with Crippen LogP contribution >= 0.6 is 0 Å². The Hall–Kier alpha value is -1.76. The molecule has 0 aromatic heterocycles. The Kier molecular flexibility index (Phi) is 5.80. The minimum Gasteiger partial charge on any atom is -0.493 e. The van der Waals surface area contributed by atoms with Crippen LogP contribution in [0.25, 0.3) is 0 Å². The maximum absolute atomic E-state index is 6.23. The van der Waals surface area contributed by atoms with Crippen molar-refractivity contribution in [3.8, 4) is 5.75 Å². The van der Waals surface area contributed by atoms with E-state index in [2.05, 4.69) is 69.3 Å². The number of hydrogen-bond acceptors (Lipinski definition) is 1. The van der Waals surface area contributed by atoms with Crippen molar-refractivity contribution >= 4 is 0 Å². The summed E-state index contributed by atoms with van der Waals surface area (Å²) < 4.78 is 6.23. The highest BCUT2D eigenvalue weighted by Crippen LogP contribution is 2.45. The molecule has 0 N–H and O–H groups in total. The van der Waals surface area contributed by atoms with Crippen molar-refractivity contribution < 1.29 is 4.74 Å². The fourth-order valence-corrected chi connectivity index (χ4v) is 5.23. The second-order valence-electron chi connectivity index (χ2n) is 9.59. The van der Waals surface area contributed by atoms with Gasteiger partial charge in [-0.3, -0.25) is 0 Å². The van der Waals surface area contributed by atoms with Gasteiger partial charge in [0.05, 0.1) is 6.61 Å². The molecule has 0 radical (unpaired) electrons. The minimum absolute atomic E-state index is 0.180. The van der Waals surface area contributed by atoms with Gasteiger partial charge in [0.25, 0.3) is 0 Å². The summed E-state index contributed by atoms with van der Waals surface area (Å²) >= 11 is 0. The van der Waals surface area contributed by atoms with E-state index >= 15 is 0 Å². The van der Waals surface area contributed by atoms with Crippen molar-refractivity contribution in [2.75, 3.05) is 6.61 Å². The molecular formula is C27H36O. The van der Waals surface area contributed by atoms with Crippen molar-refractivity contribution in [2.45, 2.75) is 71.1 Å². The molecule has 2 aromatic rings. The van der Waals surface area contributed by atoms with Crippen LogP contribution in [0, 0.1) is 24.7 Å². The first-order valence-electron chi connectivity index (χ1n) is 11.4. The molecule has 0 saturated heterocycles. The van der Waals surface area contributed by atoms with E-state index < -0.39 is 0 Å². The van der Waals surface area contributed by atoms with Gasteiger partial charge < -0.3 is 4.74 Å². The lowest BCUT2D eigenvalue weighted by atomic mass is 9.65. The molecule has 28 heavy (non-hydrogen) atoms. The van der Waals surface area contributed by atoms with Gasteiger partial charge >= 0.3 is 0 Å². The van der Waals surface area contributed by atoms with Crippen LogP contribution in [0.3, 0.4) is 0 Å². The zero-order chi connectivity index (χ0) is 19.6. The van der Waals surface area contributed by atoms with Crippen molar-refractivity contribution in [1.82, 2.24) is 0 Å². The average molecular weight is 377 g/mol. The van der Waals surface area contributed by atoms with Crippen LogP contribution < -0.4 is 4.74 Å². The van der Waals surface area contributed by atoms with Crippen LogP contribution in [0.15, 0.2) is 48.5 Å². The normalized spacial score (nSPS) is 20.1. The molecule has 0 spiro atoms. The summed E-state index contributed by atoms with van der Waals surface area (Å²) in [5, 5.41) is 0. The monoisotopic (exact) mass is 376 g/mol. The third-order valence-electron chi connectivity index (χ3n) is 7.24. The minimum atomic E-state index is 0.180. The highest BCUT2D eigenvalue weighted by molar-refractivity contribution is 5.42. The van der Waals surface area contributed by atoms with Crippen LogP contribution in [-0.4, -0.2) is 6.61 Å². The van der Waals surface area contributed by atoms with Gasteiger partial charge in [-0.2, -0.15) is 0 Å². The molecule has 1 atom stereocenters. The fourth-order valence-electron chi connectivity index (χ4n) is 5.23. The van der Waals surface area contributed by atoms with E-state index in [4.69, 9.17) is 4.74 Å². The number of hydrogen-bond donors (Lipinski definition) is 0. The molecule has 1 unspecified atom stereocenters. The zero-order valence-corrected chi connectivity index (χ0v) is 17.9. The highest BCUT2D eigenvalue weighted by Gasteiger charge is 2.36. The second-order valence-corrected chi connectivity index (χ2v) is 9.59. The van der Waals surface area contributed by atoms with E-state index in [0.717, 1.165) is 18.3 Å². The summed E-state index contributed by atoms with van der Waals surface area (Å²) in [6.07, 6.45) is 9.31. The number of aryl methyl sites for hydroxylation is 1. The molecule has 1 nitrogen and oxygen atoms in total. The lowest BCUT2D eigenvalue weighted by Gasteiger charge is -2.39. The van der Waals surface area contributed by atoms with E-state index in [9.17, 15) is 0 Å². The van der Waals surface area contributed by atoms with Gasteiger partial charge in [0.1, 0.15) is 5.75 Å². The molecule has 2 fully saturated rings. The zero-order valence-electron chi connectivity index (χ0n) is 17.9. The Morgan fingerprint density at radius 3 is 1.96 bits per heavy atom. The van der Waals surface area contributed by atoms with Gasteiger partial charge in [-0.05, 0) is 73.6 Å². The molecule has 0 amide bonds. The summed E-state index contributed by atoms with van der Waals surface area (Å²) in [5.41, 5.74) is 4.47. The molecule has 0 bridgehead atoms.